The molecule has 1 N–H and O–H groups in total. The van der Waals surface area contributed by atoms with Crippen molar-refractivity contribution in [1.82, 2.24) is 4.90 Å². The van der Waals surface area contributed by atoms with Crippen molar-refractivity contribution in [1.29, 1.82) is 0 Å². The molecule has 0 spiro atoms. The van der Waals surface area contributed by atoms with E-state index in [9.17, 15) is 19.5 Å². The summed E-state index contributed by atoms with van der Waals surface area (Å²) >= 11 is 6.23. The number of hydrogen-bond donors (Lipinski definition) is 1. The summed E-state index contributed by atoms with van der Waals surface area (Å²) in [6.45, 7) is 2.90. The molecule has 2 atom stereocenters. The lowest BCUT2D eigenvalue weighted by Crippen LogP contribution is -2.49. The molecule has 0 aromatic heterocycles. The predicted octanol–water partition coefficient (Wildman–Crippen LogP) is 2.79. The molecule has 2 aliphatic rings. The fourth-order valence-electron chi connectivity index (χ4n) is 3.68. The van der Waals surface area contributed by atoms with Crippen molar-refractivity contribution in [2.24, 2.45) is 5.92 Å². The molecule has 2 aliphatic heterocycles. The minimum absolute atomic E-state index is 0.0398. The summed E-state index contributed by atoms with van der Waals surface area (Å²) in [6, 6.07) is 4.61. The fraction of sp³-hybridized carbons (Fsp3) is 0.500. The normalized spacial score (nSPS) is 23.8. The number of carboxylic acid groups (broad SMARTS) is 1. The second-order valence-electron chi connectivity index (χ2n) is 6.64. The van der Waals surface area contributed by atoms with E-state index in [1.165, 1.54) is 0 Å². The SMILES string of the molecule is C[C@@H]1[C@H](C(=O)O)CCCN1C(=O)c1cc(N2CCCC2=O)ccc1Cl. The highest BCUT2D eigenvalue weighted by atomic mass is 35.5. The Morgan fingerprint density at radius 1 is 1.24 bits per heavy atom. The van der Waals surface area contributed by atoms with E-state index in [-0.39, 0.29) is 11.8 Å². The summed E-state index contributed by atoms with van der Waals surface area (Å²) in [7, 11) is 0. The van der Waals surface area contributed by atoms with E-state index >= 15 is 0 Å². The maximum atomic E-state index is 13.0. The number of nitrogens with zero attached hydrogens (tertiary/aromatic N) is 2. The molecule has 1 aromatic carbocycles. The van der Waals surface area contributed by atoms with Crippen LogP contribution in [0.3, 0.4) is 0 Å². The molecule has 0 bridgehead atoms. The first-order valence-electron chi connectivity index (χ1n) is 8.54. The van der Waals surface area contributed by atoms with Crippen LogP contribution in [-0.2, 0) is 9.59 Å². The number of carbonyl (C=O) groups is 3. The third kappa shape index (κ3) is 3.35. The maximum absolute atomic E-state index is 13.0. The summed E-state index contributed by atoms with van der Waals surface area (Å²) in [6.07, 6.45) is 2.52. The molecule has 2 saturated heterocycles. The Hall–Kier alpha value is -2.08. The Balaban J connectivity index is 1.88. The van der Waals surface area contributed by atoms with Gasteiger partial charge in [0.2, 0.25) is 5.91 Å². The molecule has 6 nitrogen and oxygen atoms in total. The average Bonchev–Trinajstić information content (AvgIpc) is 3.01. The molecule has 2 amide bonds. The van der Waals surface area contributed by atoms with Gasteiger partial charge >= 0.3 is 5.97 Å². The van der Waals surface area contributed by atoms with Crippen LogP contribution in [0.4, 0.5) is 5.69 Å². The molecule has 2 heterocycles. The van der Waals surface area contributed by atoms with Crippen molar-refractivity contribution in [2.75, 3.05) is 18.0 Å². The lowest BCUT2D eigenvalue weighted by molar-refractivity contribution is -0.145. The minimum atomic E-state index is -0.882. The molecule has 134 valence electrons. The van der Waals surface area contributed by atoms with Gasteiger partial charge in [0.1, 0.15) is 0 Å². The van der Waals surface area contributed by atoms with Crippen molar-refractivity contribution in [3.8, 4) is 0 Å². The number of piperidine rings is 1. The van der Waals surface area contributed by atoms with Crippen LogP contribution >= 0.6 is 11.6 Å². The van der Waals surface area contributed by atoms with E-state index < -0.39 is 17.9 Å². The Labute approximate surface area is 151 Å². The van der Waals surface area contributed by atoms with Crippen LogP contribution < -0.4 is 4.90 Å². The van der Waals surface area contributed by atoms with E-state index in [1.54, 1.807) is 34.9 Å². The smallest absolute Gasteiger partial charge is 0.308 e. The number of carboxylic acids is 1. The number of anilines is 1. The highest BCUT2D eigenvalue weighted by molar-refractivity contribution is 6.34. The number of hydrogen-bond acceptors (Lipinski definition) is 3. The topological polar surface area (TPSA) is 77.9 Å². The molecule has 0 saturated carbocycles. The van der Waals surface area contributed by atoms with Crippen LogP contribution in [0.2, 0.25) is 5.02 Å². The minimum Gasteiger partial charge on any atom is -0.481 e. The fourth-order valence-corrected chi connectivity index (χ4v) is 3.88. The number of aliphatic carboxylic acids is 1. The van der Waals surface area contributed by atoms with Gasteiger partial charge in [-0.15, -0.1) is 0 Å². The van der Waals surface area contributed by atoms with Crippen molar-refractivity contribution < 1.29 is 19.5 Å². The maximum Gasteiger partial charge on any atom is 0.308 e. The summed E-state index contributed by atoms with van der Waals surface area (Å²) in [5.74, 6) is -1.69. The highest BCUT2D eigenvalue weighted by Gasteiger charge is 2.36. The molecule has 0 aliphatic carbocycles. The summed E-state index contributed by atoms with van der Waals surface area (Å²) in [5, 5.41) is 9.65. The Morgan fingerprint density at radius 3 is 2.64 bits per heavy atom. The van der Waals surface area contributed by atoms with Crippen LogP contribution in [0.15, 0.2) is 18.2 Å². The van der Waals surface area contributed by atoms with Crippen molar-refractivity contribution in [3.63, 3.8) is 0 Å². The first-order valence-corrected chi connectivity index (χ1v) is 8.91. The van der Waals surface area contributed by atoms with Crippen LogP contribution in [-0.4, -0.2) is 46.9 Å². The zero-order valence-corrected chi connectivity index (χ0v) is 14.8. The van der Waals surface area contributed by atoms with E-state index in [0.29, 0.717) is 48.6 Å². The number of halogens is 1. The van der Waals surface area contributed by atoms with Gasteiger partial charge in [0.15, 0.2) is 0 Å². The molecule has 0 radical (unpaired) electrons. The summed E-state index contributed by atoms with van der Waals surface area (Å²) in [5.41, 5.74) is 0.978. The first kappa shape index (κ1) is 17.7. The largest absolute Gasteiger partial charge is 0.481 e. The summed E-state index contributed by atoms with van der Waals surface area (Å²) < 4.78 is 0. The van der Waals surface area contributed by atoms with Crippen LogP contribution in [0, 0.1) is 5.92 Å². The van der Waals surface area contributed by atoms with Crippen molar-refractivity contribution in [2.45, 2.75) is 38.6 Å². The molecule has 0 unspecified atom stereocenters. The van der Waals surface area contributed by atoms with Crippen LogP contribution in [0.1, 0.15) is 43.0 Å². The van der Waals surface area contributed by atoms with E-state index in [1.807, 2.05) is 0 Å². The third-order valence-corrected chi connectivity index (χ3v) is 5.46. The lowest BCUT2D eigenvalue weighted by Gasteiger charge is -2.37. The number of carbonyl (C=O) groups excluding carboxylic acids is 2. The van der Waals surface area contributed by atoms with Gasteiger partial charge in [-0.25, -0.2) is 0 Å². The van der Waals surface area contributed by atoms with E-state index in [2.05, 4.69) is 0 Å². The van der Waals surface area contributed by atoms with Gasteiger partial charge in [-0.3, -0.25) is 14.4 Å². The van der Waals surface area contributed by atoms with Gasteiger partial charge in [0, 0.05) is 31.2 Å². The standard InChI is InChI=1S/C18H21ClN2O4/c1-11-13(18(24)25)4-2-8-20(11)17(23)14-10-12(6-7-15(14)19)21-9-3-5-16(21)22/h6-7,10-11,13H,2-5,8-9H2,1H3,(H,24,25)/t11-,13-/m1/s1. The van der Waals surface area contributed by atoms with Crippen molar-refractivity contribution >= 4 is 35.1 Å². The van der Waals surface area contributed by atoms with Crippen LogP contribution in [0.25, 0.3) is 0 Å². The van der Waals surface area contributed by atoms with Gasteiger partial charge in [-0.2, -0.15) is 0 Å². The molecule has 2 fully saturated rings. The second kappa shape index (κ2) is 7.04. The average molecular weight is 365 g/mol. The van der Waals surface area contributed by atoms with E-state index in [4.69, 9.17) is 11.6 Å². The van der Waals surface area contributed by atoms with Gasteiger partial charge < -0.3 is 14.9 Å². The second-order valence-corrected chi connectivity index (χ2v) is 7.05. The Morgan fingerprint density at radius 2 is 2.00 bits per heavy atom. The highest BCUT2D eigenvalue weighted by Crippen LogP contribution is 2.30. The molecule has 1 aromatic rings. The monoisotopic (exact) mass is 364 g/mol. The zero-order chi connectivity index (χ0) is 18.1. The van der Waals surface area contributed by atoms with Crippen molar-refractivity contribution in [3.05, 3.63) is 28.8 Å². The molecular weight excluding hydrogens is 344 g/mol. The number of rotatable bonds is 3. The quantitative estimate of drug-likeness (QED) is 0.894. The van der Waals surface area contributed by atoms with E-state index in [0.717, 1.165) is 6.42 Å². The first-order chi connectivity index (χ1) is 11.9. The molecule has 7 heteroatoms. The molecular formula is C18H21ClN2O4. The Bertz CT molecular complexity index is 721. The molecule has 25 heavy (non-hydrogen) atoms. The van der Waals surface area contributed by atoms with Gasteiger partial charge in [-0.05, 0) is 44.4 Å². The molecule has 3 rings (SSSR count). The van der Waals surface area contributed by atoms with Crippen LogP contribution in [0.5, 0.6) is 0 Å². The summed E-state index contributed by atoms with van der Waals surface area (Å²) in [4.78, 5) is 39.6. The van der Waals surface area contributed by atoms with Gasteiger partial charge in [-0.1, -0.05) is 11.6 Å². The number of likely N-dealkylation sites (tertiary alicyclic amines) is 1. The van der Waals surface area contributed by atoms with Gasteiger partial charge in [0.05, 0.1) is 16.5 Å². The Kier molecular flexibility index (Phi) is 4.99. The lowest BCUT2D eigenvalue weighted by atomic mass is 9.90. The zero-order valence-electron chi connectivity index (χ0n) is 14.1. The van der Waals surface area contributed by atoms with Gasteiger partial charge in [0.25, 0.3) is 5.91 Å². The number of amides is 2. The number of benzene rings is 1. The predicted molar refractivity (Wildman–Crippen MR) is 93.9 cm³/mol. The third-order valence-electron chi connectivity index (χ3n) is 5.13.